The van der Waals surface area contributed by atoms with Crippen LogP contribution >= 0.6 is 0 Å². The largest absolute Gasteiger partial charge is 0.398 e. The third-order valence-corrected chi connectivity index (χ3v) is 8.73. The highest BCUT2D eigenvalue weighted by Crippen LogP contribution is 2.67. The molecule has 0 aromatic carbocycles. The van der Waals surface area contributed by atoms with Gasteiger partial charge in [-0.25, -0.2) is 4.18 Å². The van der Waals surface area contributed by atoms with E-state index in [2.05, 4.69) is 12.8 Å². The summed E-state index contributed by atoms with van der Waals surface area (Å²) in [6.45, 7) is 2.06. The van der Waals surface area contributed by atoms with E-state index in [1.165, 1.54) is 5.57 Å². The van der Waals surface area contributed by atoms with Crippen molar-refractivity contribution in [3.8, 4) is 12.3 Å². The van der Waals surface area contributed by atoms with Gasteiger partial charge in [-0.05, 0) is 81.1 Å². The molecule has 0 aliphatic heterocycles. The normalized spacial score (nSPS) is 43.9. The standard InChI is InChI=1S/C21H28O5S/c1-3-20-11-9-17-16-8-6-15(22)13-14(16)5-7-18(17)19(20)10-12-21(20,4-2)26-27(23,24)25/h2,13,16-19H,3,5-12H2,1H3,(H,23,24,25)/t16-,17+,18+,19-,20-,21-/m1/s1. The molecule has 1 N–H and O–H groups in total. The van der Waals surface area contributed by atoms with Crippen molar-refractivity contribution in [3.05, 3.63) is 11.6 Å². The van der Waals surface area contributed by atoms with Gasteiger partial charge in [-0.3, -0.25) is 9.35 Å². The van der Waals surface area contributed by atoms with Crippen LogP contribution in [0, 0.1) is 41.4 Å². The van der Waals surface area contributed by atoms with Gasteiger partial charge in [0.2, 0.25) is 0 Å². The van der Waals surface area contributed by atoms with Crippen LogP contribution in [0.4, 0.5) is 0 Å². The van der Waals surface area contributed by atoms with E-state index in [0.717, 1.165) is 44.9 Å². The summed E-state index contributed by atoms with van der Waals surface area (Å²) in [5.74, 6) is 4.74. The van der Waals surface area contributed by atoms with Gasteiger partial charge in [0, 0.05) is 11.8 Å². The van der Waals surface area contributed by atoms with Crippen LogP contribution in [0.3, 0.4) is 0 Å². The maximum atomic E-state index is 11.8. The highest BCUT2D eigenvalue weighted by Gasteiger charge is 2.65. The fourth-order valence-corrected chi connectivity index (χ4v) is 7.92. The lowest BCUT2D eigenvalue weighted by atomic mass is 9.49. The molecular weight excluding hydrogens is 364 g/mol. The van der Waals surface area contributed by atoms with E-state index >= 15 is 0 Å². The highest BCUT2D eigenvalue weighted by molar-refractivity contribution is 7.80. The van der Waals surface area contributed by atoms with E-state index < -0.39 is 21.4 Å². The Morgan fingerprint density at radius 3 is 2.67 bits per heavy atom. The molecule has 6 heteroatoms. The van der Waals surface area contributed by atoms with Crippen molar-refractivity contribution in [2.75, 3.05) is 0 Å². The predicted octanol–water partition coefficient (Wildman–Crippen LogP) is 3.71. The first kappa shape index (κ1) is 19.2. The molecule has 0 aromatic heterocycles. The lowest BCUT2D eigenvalue weighted by molar-refractivity contribution is -0.116. The molecule has 4 rings (SSSR count). The first-order valence-corrected chi connectivity index (χ1v) is 11.5. The quantitative estimate of drug-likeness (QED) is 0.585. The molecule has 0 spiro atoms. The van der Waals surface area contributed by atoms with Gasteiger partial charge >= 0.3 is 10.4 Å². The third kappa shape index (κ3) is 2.82. The van der Waals surface area contributed by atoms with Crippen molar-refractivity contribution in [2.24, 2.45) is 29.1 Å². The van der Waals surface area contributed by atoms with Gasteiger partial charge in [-0.2, -0.15) is 8.42 Å². The summed E-state index contributed by atoms with van der Waals surface area (Å²) in [6.07, 6.45) is 15.1. The van der Waals surface area contributed by atoms with E-state index in [1.807, 2.05) is 6.08 Å². The molecule has 0 bridgehead atoms. The molecule has 0 amide bonds. The van der Waals surface area contributed by atoms with Crippen LogP contribution in [0.1, 0.15) is 64.7 Å². The van der Waals surface area contributed by atoms with E-state index in [0.29, 0.717) is 36.5 Å². The zero-order chi connectivity index (χ0) is 19.4. The molecule has 0 radical (unpaired) electrons. The van der Waals surface area contributed by atoms with Crippen LogP contribution in [0.2, 0.25) is 0 Å². The van der Waals surface area contributed by atoms with Crippen molar-refractivity contribution in [3.63, 3.8) is 0 Å². The number of hydrogen-bond donors (Lipinski definition) is 1. The minimum absolute atomic E-state index is 0.257. The Kier molecular flexibility index (Phi) is 4.57. The second-order valence-corrected chi connectivity index (χ2v) is 9.90. The van der Waals surface area contributed by atoms with Gasteiger partial charge < -0.3 is 0 Å². The van der Waals surface area contributed by atoms with Crippen molar-refractivity contribution < 1.29 is 21.9 Å². The maximum Gasteiger partial charge on any atom is 0.398 e. The Morgan fingerprint density at radius 1 is 1.22 bits per heavy atom. The van der Waals surface area contributed by atoms with Crippen LogP contribution in [0.25, 0.3) is 0 Å². The average Bonchev–Trinajstić information content (AvgIpc) is 2.94. The molecule has 3 saturated carbocycles. The molecular formula is C21H28O5S. The number of rotatable bonds is 3. The van der Waals surface area contributed by atoms with Gasteiger partial charge in [0.25, 0.3) is 0 Å². The minimum atomic E-state index is -4.62. The van der Waals surface area contributed by atoms with E-state index in [-0.39, 0.29) is 5.78 Å². The van der Waals surface area contributed by atoms with Gasteiger partial charge in [-0.1, -0.05) is 18.4 Å². The Hall–Kier alpha value is -1.16. The topological polar surface area (TPSA) is 80.7 Å². The molecule has 27 heavy (non-hydrogen) atoms. The number of terminal acetylenes is 1. The van der Waals surface area contributed by atoms with Crippen molar-refractivity contribution in [1.29, 1.82) is 0 Å². The van der Waals surface area contributed by atoms with Gasteiger partial charge in [0.05, 0.1) is 0 Å². The predicted molar refractivity (Wildman–Crippen MR) is 101 cm³/mol. The molecule has 6 atom stereocenters. The molecule has 0 saturated heterocycles. The number of hydrogen-bond acceptors (Lipinski definition) is 4. The fraction of sp³-hybridized carbons (Fsp3) is 0.762. The number of fused-ring (bicyclic) bond motifs is 5. The highest BCUT2D eigenvalue weighted by atomic mass is 32.3. The molecule has 148 valence electrons. The van der Waals surface area contributed by atoms with Crippen molar-refractivity contribution in [2.45, 2.75) is 70.3 Å². The molecule has 0 unspecified atom stereocenters. The third-order valence-electron chi connectivity index (χ3n) is 8.23. The molecule has 5 nitrogen and oxygen atoms in total. The maximum absolute atomic E-state index is 11.8. The summed E-state index contributed by atoms with van der Waals surface area (Å²) in [6, 6.07) is 0. The second kappa shape index (κ2) is 6.43. The number of carbonyl (C=O) groups excluding carboxylic acids is 1. The van der Waals surface area contributed by atoms with E-state index in [4.69, 9.17) is 10.6 Å². The van der Waals surface area contributed by atoms with Crippen LogP contribution in [0.15, 0.2) is 11.6 Å². The van der Waals surface area contributed by atoms with Gasteiger partial charge in [-0.15, -0.1) is 6.42 Å². The Morgan fingerprint density at radius 2 is 2.00 bits per heavy atom. The van der Waals surface area contributed by atoms with Gasteiger partial charge in [0.15, 0.2) is 11.4 Å². The Labute approximate surface area is 161 Å². The molecule has 0 heterocycles. The molecule has 4 aliphatic rings. The average molecular weight is 393 g/mol. The van der Waals surface area contributed by atoms with Crippen LogP contribution in [-0.4, -0.2) is 24.4 Å². The van der Waals surface area contributed by atoms with E-state index in [9.17, 15) is 17.8 Å². The summed E-state index contributed by atoms with van der Waals surface area (Å²) < 4.78 is 37.8. The number of ketones is 1. The second-order valence-electron chi connectivity index (χ2n) is 8.87. The van der Waals surface area contributed by atoms with Crippen LogP contribution < -0.4 is 0 Å². The van der Waals surface area contributed by atoms with E-state index in [1.54, 1.807) is 0 Å². The molecule has 4 aliphatic carbocycles. The first-order valence-electron chi connectivity index (χ1n) is 10.1. The fourth-order valence-electron chi connectivity index (χ4n) is 7.26. The minimum Gasteiger partial charge on any atom is -0.295 e. The van der Waals surface area contributed by atoms with Crippen LogP contribution in [-0.2, 0) is 19.4 Å². The zero-order valence-electron chi connectivity index (χ0n) is 15.8. The lowest BCUT2D eigenvalue weighted by Crippen LogP contribution is -2.55. The van der Waals surface area contributed by atoms with Crippen LogP contribution in [0.5, 0.6) is 0 Å². The molecule has 0 aromatic rings. The van der Waals surface area contributed by atoms with Crippen molar-refractivity contribution in [1.82, 2.24) is 0 Å². The monoisotopic (exact) mass is 392 g/mol. The summed E-state index contributed by atoms with van der Waals surface area (Å²) in [4.78, 5) is 11.8. The number of carbonyl (C=O) groups is 1. The summed E-state index contributed by atoms with van der Waals surface area (Å²) >= 11 is 0. The first-order chi connectivity index (χ1) is 12.8. The smallest absolute Gasteiger partial charge is 0.295 e. The summed E-state index contributed by atoms with van der Waals surface area (Å²) in [7, 11) is -4.62. The SMILES string of the molecule is C#C[C@@]1(OS(=O)(=O)O)CC[C@@H]2[C@H]3CCC4=CC(=O)CC[C@H]4[C@@H]3CC[C@]21CC. The zero-order valence-corrected chi connectivity index (χ0v) is 16.6. The van der Waals surface area contributed by atoms with Crippen molar-refractivity contribution >= 4 is 16.2 Å². The summed E-state index contributed by atoms with van der Waals surface area (Å²) in [5.41, 5.74) is -0.333. The summed E-state index contributed by atoms with van der Waals surface area (Å²) in [5, 5.41) is 0. The lowest BCUT2D eigenvalue weighted by Gasteiger charge is -2.56. The number of allylic oxidation sites excluding steroid dienone is 1. The molecule has 3 fully saturated rings. The Bertz CT molecular complexity index is 822. The van der Waals surface area contributed by atoms with Gasteiger partial charge in [0.1, 0.15) is 0 Å². The Balaban J connectivity index is 1.69.